The molecule has 4 rings (SSSR count). The van der Waals surface area contributed by atoms with E-state index in [4.69, 9.17) is 38.8 Å². The van der Waals surface area contributed by atoms with E-state index in [1.165, 1.54) is 24.3 Å². The zero-order valence-electron chi connectivity index (χ0n) is 34.1. The first kappa shape index (κ1) is 54.2. The average molecular weight is 813 g/mol. The maximum absolute atomic E-state index is 12.8. The summed E-state index contributed by atoms with van der Waals surface area (Å²) in [7, 11) is 3.22. The molecule has 4 aromatic carbocycles. The van der Waals surface area contributed by atoms with Gasteiger partial charge in [-0.1, -0.05) is 24.3 Å². The van der Waals surface area contributed by atoms with Crippen LogP contribution in [-0.4, -0.2) is 51.0 Å². The number of benzene rings is 4. The van der Waals surface area contributed by atoms with Crippen LogP contribution < -0.4 is 122 Å². The minimum Gasteiger partial charge on any atom is -1.00 e. The Morgan fingerprint density at radius 2 is 1.13 bits per heavy atom. The van der Waals surface area contributed by atoms with Crippen molar-refractivity contribution in [1.82, 2.24) is 0 Å². The van der Waals surface area contributed by atoms with Gasteiger partial charge in [0.25, 0.3) is 6.47 Å². The number of rotatable bonds is 11. The van der Waals surface area contributed by atoms with Crippen molar-refractivity contribution in [3.8, 4) is 28.7 Å². The van der Waals surface area contributed by atoms with E-state index in [-0.39, 0.29) is 134 Å². The second kappa shape index (κ2) is 31.2. The second-order valence-corrected chi connectivity index (χ2v) is 10.8. The number of halogens is 1. The van der Waals surface area contributed by atoms with Gasteiger partial charge in [0.15, 0.2) is 0 Å². The quantitative estimate of drug-likeness (QED) is 0.0589. The Balaban J connectivity index is -0.000000754. The van der Waals surface area contributed by atoms with Crippen LogP contribution in [0.5, 0.6) is 28.7 Å². The van der Waals surface area contributed by atoms with Crippen LogP contribution in [0.15, 0.2) is 84.9 Å². The Morgan fingerprint density at radius 1 is 0.691 bits per heavy atom. The molecule has 1 N–H and O–H groups in total. The average Bonchev–Trinajstić information content (AvgIpc) is 3.13. The molecule has 0 amide bonds. The van der Waals surface area contributed by atoms with Gasteiger partial charge in [0.1, 0.15) is 34.6 Å². The summed E-state index contributed by atoms with van der Waals surface area (Å²) in [6, 6.07) is 20.9. The van der Waals surface area contributed by atoms with Gasteiger partial charge >= 0.3 is 115 Å². The molecule has 0 fully saturated rings. The zero-order valence-corrected chi connectivity index (χ0v) is 39.4. The van der Waals surface area contributed by atoms with Crippen LogP contribution in [0.1, 0.15) is 48.7 Å². The van der Waals surface area contributed by atoms with E-state index in [2.05, 4.69) is 4.89 Å². The number of hydrogen-bond acceptors (Lipinski definition) is 11. The first-order chi connectivity index (χ1) is 25.3. The van der Waals surface area contributed by atoms with Gasteiger partial charge < -0.3 is 40.4 Å². The smallest absolute Gasteiger partial charge is 1.00 e. The normalized spacial score (nSPS) is 9.64. The SMILES string of the molecule is CCOC(=O)/C=C\c1ccc(F)cc1C.CCOC(=O)/C=C\c1ccc(Oc2ccc(C)c(OC)c2)cc1C.COc1cc(O)ccc1C.O=CO[O-].[H-].[K+].[K+]. The van der Waals surface area contributed by atoms with Crippen LogP contribution in [0, 0.1) is 33.5 Å². The Kier molecular flexibility index (Phi) is 30.8. The molecule has 14 heteroatoms. The summed E-state index contributed by atoms with van der Waals surface area (Å²) in [4.78, 5) is 33.6. The molecule has 0 atom stereocenters. The van der Waals surface area contributed by atoms with Gasteiger partial charge in [-0.15, -0.1) is 0 Å². The minimum absolute atomic E-state index is 0. The first-order valence-electron chi connectivity index (χ1n) is 16.3. The van der Waals surface area contributed by atoms with Crippen LogP contribution in [0.2, 0.25) is 0 Å². The Morgan fingerprint density at radius 3 is 1.56 bits per heavy atom. The van der Waals surface area contributed by atoms with Crippen LogP contribution in [0.4, 0.5) is 4.39 Å². The van der Waals surface area contributed by atoms with E-state index in [1.807, 2.05) is 63.2 Å². The zero-order chi connectivity index (χ0) is 39.8. The molecule has 0 aliphatic heterocycles. The van der Waals surface area contributed by atoms with E-state index < -0.39 is 0 Å². The Hall–Kier alpha value is -2.87. The Labute approximate surface area is 409 Å². The monoisotopic (exact) mass is 812 g/mol. The van der Waals surface area contributed by atoms with Crippen molar-refractivity contribution in [3.05, 3.63) is 124 Å². The number of carbonyl (C=O) groups is 3. The molecule has 0 radical (unpaired) electrons. The van der Waals surface area contributed by atoms with E-state index in [1.54, 1.807) is 65.3 Å². The largest absolute Gasteiger partial charge is 1.00 e. The van der Waals surface area contributed by atoms with Gasteiger partial charge in [-0.2, -0.15) is 0 Å². The summed E-state index contributed by atoms with van der Waals surface area (Å²) >= 11 is 0. The van der Waals surface area contributed by atoms with Crippen LogP contribution in [0.3, 0.4) is 0 Å². The molecule has 11 nitrogen and oxygen atoms in total. The fraction of sp³-hybridized carbons (Fsp3) is 0.244. The molecule has 55 heavy (non-hydrogen) atoms. The maximum atomic E-state index is 12.8. The number of phenolic OH excluding ortho intramolecular Hbond substituents is 1. The van der Waals surface area contributed by atoms with E-state index in [9.17, 15) is 14.0 Å². The summed E-state index contributed by atoms with van der Waals surface area (Å²) in [6.45, 7) is 11.7. The number of esters is 2. The standard InChI is InChI=1S/C20H22O4.C12H13FO2.C8H10O2.CH2O3.2K.H/c1-5-23-20(21)11-8-16-7-10-17(12-15(16)3)24-18-9-6-14(2)19(13-18)22-4;1-3-15-12(14)7-5-10-4-6-11(13)8-9(10)2;1-6-3-4-7(9)5-8(6)10-2;2-1-4-3;;;/h6-13H,5H2,1-4H3;4-8H,3H2,1-2H3;3-5,9H,1-2H3;1,3H;;;/q;;;;2*+1;-1/p-1/b11-8-;7-5-;;;;;. The minimum atomic E-state index is -0.388. The molecule has 0 unspecified atom stereocenters. The molecular formula is C41H47FK2O11. The number of carbonyl (C=O) groups excluding carboxylic acids is 3. The van der Waals surface area contributed by atoms with Gasteiger partial charge in [-0.25, -0.2) is 14.0 Å². The third-order valence-electron chi connectivity index (χ3n) is 6.89. The van der Waals surface area contributed by atoms with E-state index in [0.29, 0.717) is 19.0 Å². The van der Waals surface area contributed by atoms with Crippen molar-refractivity contribution in [1.29, 1.82) is 0 Å². The summed E-state index contributed by atoms with van der Waals surface area (Å²) in [6.07, 6.45) is 6.12. The molecule has 4 aromatic rings. The number of ether oxygens (including phenoxy) is 5. The predicted octanol–water partition coefficient (Wildman–Crippen LogP) is 1.66. The topological polar surface area (TPSA) is 150 Å². The summed E-state index contributed by atoms with van der Waals surface area (Å²) in [5, 5.41) is 17.4. The second-order valence-electron chi connectivity index (χ2n) is 10.8. The molecule has 0 heterocycles. The number of phenols is 1. The van der Waals surface area contributed by atoms with Crippen molar-refractivity contribution in [3.63, 3.8) is 0 Å². The van der Waals surface area contributed by atoms with Crippen LogP contribution in [-0.2, 0) is 28.7 Å². The van der Waals surface area contributed by atoms with Crippen molar-refractivity contribution in [2.24, 2.45) is 0 Å². The van der Waals surface area contributed by atoms with Crippen LogP contribution >= 0.6 is 0 Å². The fourth-order valence-electron chi connectivity index (χ4n) is 4.23. The molecule has 0 spiro atoms. The molecule has 0 aliphatic carbocycles. The Bertz CT molecular complexity index is 1840. The molecule has 286 valence electrons. The molecule has 0 saturated heterocycles. The van der Waals surface area contributed by atoms with Crippen molar-refractivity contribution < 1.29 is 162 Å². The molecular weight excluding hydrogens is 766 g/mol. The number of aryl methyl sites for hydroxylation is 4. The van der Waals surface area contributed by atoms with Crippen LogP contribution in [0.25, 0.3) is 12.2 Å². The number of hydrogen-bond donors (Lipinski definition) is 1. The maximum Gasteiger partial charge on any atom is 1.00 e. The molecule has 0 bridgehead atoms. The number of aromatic hydroxyl groups is 1. The van der Waals surface area contributed by atoms with Crippen molar-refractivity contribution in [2.75, 3.05) is 27.4 Å². The number of methoxy groups -OCH3 is 2. The van der Waals surface area contributed by atoms with Gasteiger partial charge in [-0.3, -0.25) is 4.79 Å². The van der Waals surface area contributed by atoms with Crippen molar-refractivity contribution >= 4 is 30.6 Å². The third-order valence-corrected chi connectivity index (χ3v) is 6.89. The van der Waals surface area contributed by atoms with Gasteiger partial charge in [0, 0.05) is 24.3 Å². The summed E-state index contributed by atoms with van der Waals surface area (Å²) < 4.78 is 38.5. The predicted molar refractivity (Wildman–Crippen MR) is 199 cm³/mol. The van der Waals surface area contributed by atoms with E-state index in [0.717, 1.165) is 50.6 Å². The summed E-state index contributed by atoms with van der Waals surface area (Å²) in [5.41, 5.74) is 5.63. The molecule has 0 saturated carbocycles. The fourth-order valence-corrected chi connectivity index (χ4v) is 4.23. The third kappa shape index (κ3) is 22.5. The van der Waals surface area contributed by atoms with Gasteiger partial charge in [-0.05, 0) is 123 Å². The van der Waals surface area contributed by atoms with Gasteiger partial charge in [0.05, 0.1) is 27.4 Å². The molecule has 0 aliphatic rings. The van der Waals surface area contributed by atoms with Gasteiger partial charge in [0.2, 0.25) is 0 Å². The van der Waals surface area contributed by atoms with E-state index >= 15 is 0 Å². The van der Waals surface area contributed by atoms with Crippen molar-refractivity contribution in [2.45, 2.75) is 41.5 Å². The first-order valence-corrected chi connectivity index (χ1v) is 16.3. The molecule has 0 aromatic heterocycles. The summed E-state index contributed by atoms with van der Waals surface area (Å²) in [5.74, 6) is 2.19.